The monoisotopic (exact) mass is 337 g/mol. The van der Waals surface area contributed by atoms with Crippen LogP contribution in [0.3, 0.4) is 0 Å². The Labute approximate surface area is 137 Å². The van der Waals surface area contributed by atoms with Gasteiger partial charge in [0.2, 0.25) is 10.0 Å². The van der Waals surface area contributed by atoms with Crippen molar-refractivity contribution in [2.24, 2.45) is 7.05 Å². The highest BCUT2D eigenvalue weighted by atomic mass is 32.2. The molecule has 0 aliphatic heterocycles. The van der Waals surface area contributed by atoms with Crippen LogP contribution in [0.2, 0.25) is 0 Å². The second-order valence-corrected chi connectivity index (χ2v) is 8.10. The fourth-order valence-electron chi connectivity index (χ4n) is 3.21. The lowest BCUT2D eigenvalue weighted by Gasteiger charge is -2.20. The first kappa shape index (κ1) is 16.3. The van der Waals surface area contributed by atoms with Crippen LogP contribution in [-0.2, 0) is 43.0 Å². The van der Waals surface area contributed by atoms with E-state index in [1.54, 1.807) is 18.4 Å². The Bertz CT molecular complexity index is 763. The average Bonchev–Trinajstić information content (AvgIpc) is 3.20. The standard InChI is InChI=1S/C16H23N3O3S/c1-3-10-23(20,21)19(11-13-6-5-9-22-13)12-15-14-7-4-8-16(14)18(2)17-15/h5-6,9H,3-4,7-8,10-12H2,1-2H3. The van der Waals surface area contributed by atoms with Gasteiger partial charge in [-0.3, -0.25) is 4.68 Å². The Hall–Kier alpha value is -1.60. The van der Waals surface area contributed by atoms with Crippen molar-refractivity contribution in [3.05, 3.63) is 41.1 Å². The van der Waals surface area contributed by atoms with E-state index in [1.807, 2.05) is 18.7 Å². The molecule has 0 unspecified atom stereocenters. The molecule has 0 amide bonds. The average molecular weight is 337 g/mol. The zero-order valence-corrected chi connectivity index (χ0v) is 14.5. The number of furan rings is 1. The maximum atomic E-state index is 12.6. The Balaban J connectivity index is 1.88. The van der Waals surface area contributed by atoms with E-state index in [4.69, 9.17) is 4.42 Å². The molecule has 126 valence electrons. The highest BCUT2D eigenvalue weighted by Gasteiger charge is 2.27. The summed E-state index contributed by atoms with van der Waals surface area (Å²) in [7, 11) is -1.40. The van der Waals surface area contributed by atoms with Gasteiger partial charge in [-0.25, -0.2) is 8.42 Å². The van der Waals surface area contributed by atoms with E-state index in [-0.39, 0.29) is 12.3 Å². The van der Waals surface area contributed by atoms with Crippen LogP contribution in [0, 0.1) is 0 Å². The lowest BCUT2D eigenvalue weighted by atomic mass is 10.2. The molecule has 0 spiro atoms. The molecule has 0 N–H and O–H groups in total. The van der Waals surface area contributed by atoms with Crippen molar-refractivity contribution in [1.29, 1.82) is 0 Å². The molecule has 0 atom stereocenters. The van der Waals surface area contributed by atoms with E-state index < -0.39 is 10.0 Å². The SMILES string of the molecule is CCCS(=O)(=O)N(Cc1ccco1)Cc1nn(C)c2c1CCC2. The summed E-state index contributed by atoms with van der Waals surface area (Å²) in [6.07, 6.45) is 5.29. The Morgan fingerprint density at radius 1 is 1.35 bits per heavy atom. The number of aromatic nitrogens is 2. The summed E-state index contributed by atoms with van der Waals surface area (Å²) in [5, 5.41) is 4.55. The van der Waals surface area contributed by atoms with E-state index in [2.05, 4.69) is 5.10 Å². The van der Waals surface area contributed by atoms with Gasteiger partial charge in [0.25, 0.3) is 0 Å². The van der Waals surface area contributed by atoms with E-state index in [0.717, 1.165) is 25.0 Å². The summed E-state index contributed by atoms with van der Waals surface area (Å²) in [6, 6.07) is 3.58. The van der Waals surface area contributed by atoms with Gasteiger partial charge in [0.15, 0.2) is 0 Å². The van der Waals surface area contributed by atoms with Gasteiger partial charge in [0, 0.05) is 12.7 Å². The summed E-state index contributed by atoms with van der Waals surface area (Å²) in [4.78, 5) is 0. The zero-order valence-electron chi connectivity index (χ0n) is 13.7. The molecule has 2 aromatic heterocycles. The highest BCUT2D eigenvalue weighted by Crippen LogP contribution is 2.26. The first-order chi connectivity index (χ1) is 11.0. The fraction of sp³-hybridized carbons (Fsp3) is 0.562. The maximum Gasteiger partial charge on any atom is 0.214 e. The molecule has 3 rings (SSSR count). The third kappa shape index (κ3) is 3.35. The molecular formula is C16H23N3O3S. The minimum atomic E-state index is -3.33. The lowest BCUT2D eigenvalue weighted by Crippen LogP contribution is -2.32. The van der Waals surface area contributed by atoms with Gasteiger partial charge in [-0.2, -0.15) is 9.40 Å². The normalized spacial score (nSPS) is 14.6. The predicted octanol–water partition coefficient (Wildman–Crippen LogP) is 2.24. The van der Waals surface area contributed by atoms with E-state index in [1.165, 1.54) is 15.6 Å². The number of rotatable bonds is 7. The Morgan fingerprint density at radius 3 is 2.87 bits per heavy atom. The van der Waals surface area contributed by atoms with Crippen LogP contribution in [-0.4, -0.2) is 28.3 Å². The molecule has 0 saturated heterocycles. The highest BCUT2D eigenvalue weighted by molar-refractivity contribution is 7.89. The van der Waals surface area contributed by atoms with Crippen molar-refractivity contribution in [2.45, 2.75) is 45.7 Å². The van der Waals surface area contributed by atoms with Crippen LogP contribution in [0.4, 0.5) is 0 Å². The van der Waals surface area contributed by atoms with Crippen LogP contribution in [0.5, 0.6) is 0 Å². The maximum absolute atomic E-state index is 12.6. The number of aryl methyl sites for hydroxylation is 1. The van der Waals surface area contributed by atoms with Crippen LogP contribution in [0.25, 0.3) is 0 Å². The van der Waals surface area contributed by atoms with Gasteiger partial charge in [-0.15, -0.1) is 0 Å². The number of hydrogen-bond donors (Lipinski definition) is 0. The first-order valence-electron chi connectivity index (χ1n) is 8.05. The molecule has 0 aromatic carbocycles. The Morgan fingerprint density at radius 2 is 2.17 bits per heavy atom. The molecule has 1 aliphatic carbocycles. The third-order valence-corrected chi connectivity index (χ3v) is 6.26. The molecule has 0 saturated carbocycles. The van der Waals surface area contributed by atoms with Crippen molar-refractivity contribution < 1.29 is 12.8 Å². The molecule has 23 heavy (non-hydrogen) atoms. The number of sulfonamides is 1. The summed E-state index contributed by atoms with van der Waals surface area (Å²) >= 11 is 0. The zero-order chi connectivity index (χ0) is 16.4. The summed E-state index contributed by atoms with van der Waals surface area (Å²) < 4.78 is 34.0. The topological polar surface area (TPSA) is 68.3 Å². The van der Waals surface area contributed by atoms with Crippen LogP contribution in [0.15, 0.2) is 22.8 Å². The van der Waals surface area contributed by atoms with E-state index in [0.29, 0.717) is 18.7 Å². The fourth-order valence-corrected chi connectivity index (χ4v) is 4.62. The lowest BCUT2D eigenvalue weighted by molar-refractivity contribution is 0.353. The molecule has 0 fully saturated rings. The molecule has 0 radical (unpaired) electrons. The van der Waals surface area contributed by atoms with Gasteiger partial charge in [-0.1, -0.05) is 6.92 Å². The van der Waals surface area contributed by atoms with E-state index >= 15 is 0 Å². The third-order valence-electron chi connectivity index (χ3n) is 4.29. The molecule has 1 aliphatic rings. The van der Waals surface area contributed by atoms with Crippen molar-refractivity contribution in [2.75, 3.05) is 5.75 Å². The van der Waals surface area contributed by atoms with Crippen molar-refractivity contribution in [3.8, 4) is 0 Å². The van der Waals surface area contributed by atoms with Crippen LogP contribution in [0.1, 0.15) is 42.5 Å². The van der Waals surface area contributed by atoms with Gasteiger partial charge in [-0.05, 0) is 43.4 Å². The summed E-state index contributed by atoms with van der Waals surface area (Å²) in [6.45, 7) is 2.44. The van der Waals surface area contributed by atoms with Crippen LogP contribution < -0.4 is 0 Å². The van der Waals surface area contributed by atoms with Crippen molar-refractivity contribution >= 4 is 10.0 Å². The first-order valence-corrected chi connectivity index (χ1v) is 9.66. The molecule has 0 bridgehead atoms. The van der Waals surface area contributed by atoms with Crippen molar-refractivity contribution in [1.82, 2.24) is 14.1 Å². The van der Waals surface area contributed by atoms with Crippen molar-refractivity contribution in [3.63, 3.8) is 0 Å². The van der Waals surface area contributed by atoms with Gasteiger partial charge in [0.05, 0.1) is 30.8 Å². The second kappa shape index (κ2) is 6.49. The molecule has 6 nitrogen and oxygen atoms in total. The molecular weight excluding hydrogens is 314 g/mol. The molecule has 7 heteroatoms. The molecule has 2 aromatic rings. The van der Waals surface area contributed by atoms with Gasteiger partial charge < -0.3 is 4.42 Å². The Kier molecular flexibility index (Phi) is 4.59. The van der Waals surface area contributed by atoms with Gasteiger partial charge >= 0.3 is 0 Å². The summed E-state index contributed by atoms with van der Waals surface area (Å²) in [5.41, 5.74) is 3.35. The smallest absolute Gasteiger partial charge is 0.214 e. The van der Waals surface area contributed by atoms with Crippen LogP contribution >= 0.6 is 0 Å². The van der Waals surface area contributed by atoms with Gasteiger partial charge in [0.1, 0.15) is 5.76 Å². The summed E-state index contributed by atoms with van der Waals surface area (Å²) in [5.74, 6) is 0.792. The van der Waals surface area contributed by atoms with E-state index in [9.17, 15) is 8.42 Å². The number of fused-ring (bicyclic) bond motifs is 1. The second-order valence-electron chi connectivity index (χ2n) is 6.01. The minimum Gasteiger partial charge on any atom is -0.468 e. The largest absolute Gasteiger partial charge is 0.468 e. The number of hydrogen-bond acceptors (Lipinski definition) is 4. The number of nitrogens with zero attached hydrogens (tertiary/aromatic N) is 3. The quantitative estimate of drug-likeness (QED) is 0.777. The minimum absolute atomic E-state index is 0.142. The predicted molar refractivity (Wildman–Crippen MR) is 87.3 cm³/mol. The molecule has 2 heterocycles.